The van der Waals surface area contributed by atoms with E-state index in [0.29, 0.717) is 0 Å². The van der Waals surface area contributed by atoms with Crippen molar-refractivity contribution < 1.29 is 9.47 Å². The number of hydrogen-bond acceptors (Lipinski definition) is 2. The topological polar surface area (TPSA) is 18.5 Å². The highest BCUT2D eigenvalue weighted by atomic mass is 16.7. The Hall–Kier alpha value is -2.16. The van der Waals surface area contributed by atoms with E-state index in [1.807, 2.05) is 0 Å². The maximum absolute atomic E-state index is 6.38. The molecule has 1 aliphatic carbocycles. The van der Waals surface area contributed by atoms with Crippen molar-refractivity contribution in [2.45, 2.75) is 18.6 Å². The highest BCUT2D eigenvalue weighted by Gasteiger charge is 2.43. The van der Waals surface area contributed by atoms with Gasteiger partial charge in [0.05, 0.1) is 13.2 Å². The van der Waals surface area contributed by atoms with Crippen LogP contribution in [0.5, 0.6) is 0 Å². The summed E-state index contributed by atoms with van der Waals surface area (Å²) in [6.07, 6.45) is 2.09. The lowest BCUT2D eigenvalue weighted by molar-refractivity contribution is -0.203. The Morgan fingerprint density at radius 3 is 2.48 bits per heavy atom. The molecule has 1 heterocycles. The highest BCUT2D eigenvalue weighted by Crippen LogP contribution is 2.49. The molecule has 2 heteroatoms. The number of ether oxygens (including phenoxy) is 2. The van der Waals surface area contributed by atoms with Crippen molar-refractivity contribution in [1.29, 1.82) is 0 Å². The molecule has 1 aliphatic heterocycles. The summed E-state index contributed by atoms with van der Waals surface area (Å²) in [7, 11) is 0. The molecule has 1 saturated heterocycles. The van der Waals surface area contributed by atoms with Crippen LogP contribution < -0.4 is 0 Å². The Morgan fingerprint density at radius 2 is 1.61 bits per heavy atom. The third-order valence-electron chi connectivity index (χ3n) is 4.96. The van der Waals surface area contributed by atoms with E-state index in [-0.39, 0.29) is 0 Å². The maximum Gasteiger partial charge on any atom is 0.223 e. The SMILES string of the molecule is c1cc2cc(c1)C1(OCCCCO1)c1c-2ccc2ccccc12. The molecule has 0 N–H and O–H groups in total. The summed E-state index contributed by atoms with van der Waals surface area (Å²) in [5.74, 6) is -0.763. The highest BCUT2D eigenvalue weighted by molar-refractivity contribution is 5.94. The lowest BCUT2D eigenvalue weighted by atomic mass is 9.80. The van der Waals surface area contributed by atoms with Crippen LogP contribution in [-0.2, 0) is 15.3 Å². The second-order valence-electron chi connectivity index (χ2n) is 6.31. The first-order valence-electron chi connectivity index (χ1n) is 8.29. The molecule has 114 valence electrons. The number of benzene rings is 3. The lowest BCUT2D eigenvalue weighted by Gasteiger charge is -2.38. The fraction of sp³-hybridized carbons (Fsp3) is 0.238. The van der Waals surface area contributed by atoms with Crippen molar-refractivity contribution >= 4 is 10.8 Å². The third kappa shape index (κ3) is 1.82. The van der Waals surface area contributed by atoms with E-state index >= 15 is 0 Å². The van der Waals surface area contributed by atoms with Gasteiger partial charge in [0, 0.05) is 11.1 Å². The zero-order valence-electron chi connectivity index (χ0n) is 12.9. The van der Waals surface area contributed by atoms with Gasteiger partial charge in [0.1, 0.15) is 0 Å². The van der Waals surface area contributed by atoms with Gasteiger partial charge in [-0.15, -0.1) is 0 Å². The molecule has 3 aromatic rings. The van der Waals surface area contributed by atoms with Gasteiger partial charge in [0.25, 0.3) is 0 Å². The first-order chi connectivity index (χ1) is 11.4. The predicted molar refractivity (Wildman–Crippen MR) is 91.3 cm³/mol. The normalized spacial score (nSPS) is 18.6. The van der Waals surface area contributed by atoms with Crippen LogP contribution in [0, 0.1) is 0 Å². The summed E-state index contributed by atoms with van der Waals surface area (Å²) in [4.78, 5) is 0. The molecule has 23 heavy (non-hydrogen) atoms. The Balaban J connectivity index is 1.91. The van der Waals surface area contributed by atoms with Gasteiger partial charge in [-0.2, -0.15) is 0 Å². The van der Waals surface area contributed by atoms with Crippen molar-refractivity contribution in [2.75, 3.05) is 13.2 Å². The summed E-state index contributed by atoms with van der Waals surface area (Å²) in [6, 6.07) is 21.5. The van der Waals surface area contributed by atoms with Gasteiger partial charge in [0.2, 0.25) is 5.79 Å². The zero-order valence-corrected chi connectivity index (χ0v) is 12.9. The minimum Gasteiger partial charge on any atom is -0.342 e. The van der Waals surface area contributed by atoms with Gasteiger partial charge in [-0.3, -0.25) is 0 Å². The van der Waals surface area contributed by atoms with E-state index in [1.165, 1.54) is 27.5 Å². The molecule has 0 unspecified atom stereocenters. The molecular weight excluding hydrogens is 284 g/mol. The molecule has 5 rings (SSSR count). The van der Waals surface area contributed by atoms with Crippen molar-refractivity contribution in [3.05, 3.63) is 71.8 Å². The van der Waals surface area contributed by atoms with Crippen LogP contribution >= 0.6 is 0 Å². The molecule has 2 bridgehead atoms. The summed E-state index contributed by atoms with van der Waals surface area (Å²) in [6.45, 7) is 1.46. The first kappa shape index (κ1) is 13.3. The summed E-state index contributed by atoms with van der Waals surface area (Å²) in [5, 5.41) is 2.45. The zero-order chi connectivity index (χ0) is 15.3. The third-order valence-corrected chi connectivity index (χ3v) is 4.96. The van der Waals surface area contributed by atoms with Crippen LogP contribution in [0.2, 0.25) is 0 Å². The van der Waals surface area contributed by atoms with Gasteiger partial charge in [0.15, 0.2) is 0 Å². The molecule has 3 aromatic carbocycles. The molecule has 0 aromatic heterocycles. The predicted octanol–water partition coefficient (Wildman–Crippen LogP) is 4.85. The molecule has 2 nitrogen and oxygen atoms in total. The van der Waals surface area contributed by atoms with Gasteiger partial charge in [-0.1, -0.05) is 54.6 Å². The number of hydrogen-bond donors (Lipinski definition) is 0. The van der Waals surface area contributed by atoms with E-state index in [4.69, 9.17) is 9.47 Å². The Labute approximate surface area is 135 Å². The summed E-state index contributed by atoms with van der Waals surface area (Å²) < 4.78 is 12.8. The lowest BCUT2D eigenvalue weighted by Crippen LogP contribution is -2.36. The van der Waals surface area contributed by atoms with E-state index in [1.54, 1.807) is 0 Å². The Bertz CT molecular complexity index is 889. The van der Waals surface area contributed by atoms with Crippen molar-refractivity contribution in [3.8, 4) is 11.1 Å². The van der Waals surface area contributed by atoms with Gasteiger partial charge >= 0.3 is 0 Å². The van der Waals surface area contributed by atoms with Crippen LogP contribution in [0.4, 0.5) is 0 Å². The van der Waals surface area contributed by atoms with Crippen LogP contribution in [0.3, 0.4) is 0 Å². The van der Waals surface area contributed by atoms with Crippen molar-refractivity contribution in [2.24, 2.45) is 0 Å². The smallest absolute Gasteiger partial charge is 0.223 e. The molecule has 0 amide bonds. The molecule has 0 radical (unpaired) electrons. The molecule has 2 aliphatic rings. The van der Waals surface area contributed by atoms with E-state index in [0.717, 1.165) is 31.6 Å². The van der Waals surface area contributed by atoms with E-state index in [2.05, 4.69) is 60.7 Å². The quantitative estimate of drug-likeness (QED) is 0.591. The van der Waals surface area contributed by atoms with Gasteiger partial charge in [-0.05, 0) is 40.8 Å². The average molecular weight is 302 g/mol. The van der Waals surface area contributed by atoms with Crippen LogP contribution in [0.25, 0.3) is 21.9 Å². The minimum atomic E-state index is -0.763. The van der Waals surface area contributed by atoms with Crippen molar-refractivity contribution in [1.82, 2.24) is 0 Å². The molecule has 1 spiro atoms. The average Bonchev–Trinajstić information content (AvgIpc) is 2.87. The largest absolute Gasteiger partial charge is 0.342 e. The van der Waals surface area contributed by atoms with Crippen LogP contribution in [-0.4, -0.2) is 13.2 Å². The first-order valence-corrected chi connectivity index (χ1v) is 8.29. The number of rotatable bonds is 0. The second kappa shape index (κ2) is 4.92. The van der Waals surface area contributed by atoms with Gasteiger partial charge in [-0.25, -0.2) is 0 Å². The fourth-order valence-electron chi connectivity index (χ4n) is 3.89. The summed E-state index contributed by atoms with van der Waals surface area (Å²) >= 11 is 0. The van der Waals surface area contributed by atoms with E-state index < -0.39 is 5.79 Å². The van der Waals surface area contributed by atoms with Gasteiger partial charge < -0.3 is 9.47 Å². The van der Waals surface area contributed by atoms with Crippen LogP contribution in [0.1, 0.15) is 24.0 Å². The Morgan fingerprint density at radius 1 is 0.783 bits per heavy atom. The summed E-state index contributed by atoms with van der Waals surface area (Å²) in [5.41, 5.74) is 4.75. The fourth-order valence-corrected chi connectivity index (χ4v) is 3.89. The second-order valence-corrected chi connectivity index (χ2v) is 6.31. The monoisotopic (exact) mass is 302 g/mol. The molecule has 0 atom stereocenters. The molecule has 1 fully saturated rings. The van der Waals surface area contributed by atoms with E-state index in [9.17, 15) is 0 Å². The number of fused-ring (bicyclic) bond motifs is 8. The van der Waals surface area contributed by atoms with Crippen molar-refractivity contribution in [3.63, 3.8) is 0 Å². The molecular formula is C21H18O2. The Kier molecular flexibility index (Phi) is 2.84. The minimum absolute atomic E-state index is 0.729. The molecule has 0 saturated carbocycles. The van der Waals surface area contributed by atoms with Crippen LogP contribution in [0.15, 0.2) is 60.7 Å². The maximum atomic E-state index is 6.38. The standard InChI is InChI=1S/C21H18O2/c1-2-9-18-15(6-1)10-11-19-16-7-5-8-17(14-16)21(20(18)19)22-12-3-4-13-23-21/h1-2,5-11,14H,3-4,12-13H2.